The molecule has 1 aliphatic heterocycles. The molecular weight excluding hydrogens is 396 g/mol. The molecule has 0 spiro atoms. The molecule has 32 heavy (non-hydrogen) atoms. The Balaban J connectivity index is 1.69. The topological polar surface area (TPSA) is 49.7 Å². The molecule has 1 fully saturated rings. The van der Waals surface area contributed by atoms with E-state index in [4.69, 9.17) is 4.99 Å². The lowest BCUT2D eigenvalue weighted by molar-refractivity contribution is -0.123. The molecule has 4 heteroatoms. The van der Waals surface area contributed by atoms with Gasteiger partial charge in [-0.25, -0.2) is 0 Å². The summed E-state index contributed by atoms with van der Waals surface area (Å²) in [7, 11) is 0. The van der Waals surface area contributed by atoms with Crippen LogP contribution in [0.5, 0.6) is 0 Å². The Labute approximate surface area is 188 Å². The van der Waals surface area contributed by atoms with E-state index in [2.05, 4.69) is 12.1 Å². The number of carbonyl (C=O) groups excluding carboxylic acids is 2. The van der Waals surface area contributed by atoms with Crippen molar-refractivity contribution in [2.45, 2.75) is 38.1 Å². The molecule has 0 saturated heterocycles. The largest absolute Gasteiger partial charge is 0.302 e. The third-order valence-corrected chi connectivity index (χ3v) is 6.59. The molecule has 4 nitrogen and oxygen atoms in total. The van der Waals surface area contributed by atoms with Crippen molar-refractivity contribution in [2.24, 2.45) is 10.9 Å². The van der Waals surface area contributed by atoms with Gasteiger partial charge in [-0.2, -0.15) is 0 Å². The molecule has 3 aromatic carbocycles. The molecule has 0 N–H and O–H groups in total. The first-order valence-corrected chi connectivity index (χ1v) is 11.3. The fourth-order valence-corrected chi connectivity index (χ4v) is 5.11. The highest BCUT2D eigenvalue weighted by atomic mass is 16.2. The number of fused-ring (bicyclic) bond motifs is 2. The van der Waals surface area contributed by atoms with Crippen molar-refractivity contribution in [3.63, 3.8) is 0 Å². The summed E-state index contributed by atoms with van der Waals surface area (Å²) < 4.78 is 0. The monoisotopic (exact) mass is 422 g/mol. The Kier molecular flexibility index (Phi) is 5.44. The molecule has 1 aliphatic carbocycles. The Morgan fingerprint density at radius 3 is 2.19 bits per heavy atom. The van der Waals surface area contributed by atoms with E-state index in [9.17, 15) is 9.59 Å². The minimum Gasteiger partial charge on any atom is -0.302 e. The predicted molar refractivity (Wildman–Crippen MR) is 127 cm³/mol. The van der Waals surface area contributed by atoms with Gasteiger partial charge in [0.1, 0.15) is 5.78 Å². The van der Waals surface area contributed by atoms with E-state index >= 15 is 0 Å². The summed E-state index contributed by atoms with van der Waals surface area (Å²) in [5.41, 5.74) is 4.55. The van der Waals surface area contributed by atoms with Gasteiger partial charge in [0.2, 0.25) is 5.91 Å². The normalized spacial score (nSPS) is 22.4. The van der Waals surface area contributed by atoms with Crippen molar-refractivity contribution >= 4 is 28.8 Å². The highest BCUT2D eigenvalue weighted by Gasteiger charge is 2.45. The number of anilines is 1. The van der Waals surface area contributed by atoms with Gasteiger partial charge in [0, 0.05) is 18.6 Å². The van der Waals surface area contributed by atoms with Crippen LogP contribution in [0, 0.1) is 5.92 Å². The number of hydrogen-bond acceptors (Lipinski definition) is 3. The smallest absolute Gasteiger partial charge is 0.227 e. The zero-order valence-corrected chi connectivity index (χ0v) is 18.1. The molecule has 1 heterocycles. The molecule has 0 bridgehead atoms. The molecule has 2 aliphatic rings. The average Bonchev–Trinajstić information content (AvgIpc) is 2.99. The first-order valence-electron chi connectivity index (χ1n) is 11.3. The highest BCUT2D eigenvalue weighted by Crippen LogP contribution is 2.47. The van der Waals surface area contributed by atoms with E-state index in [1.165, 1.54) is 0 Å². The third kappa shape index (κ3) is 3.56. The minimum absolute atomic E-state index is 0.000681. The Morgan fingerprint density at radius 1 is 0.875 bits per heavy atom. The molecular formula is C28H26N2O2. The van der Waals surface area contributed by atoms with Crippen LogP contribution >= 0.6 is 0 Å². The van der Waals surface area contributed by atoms with Crippen LogP contribution in [0.4, 0.5) is 11.4 Å². The third-order valence-electron chi connectivity index (χ3n) is 6.59. The van der Waals surface area contributed by atoms with E-state index in [1.807, 2.05) is 84.6 Å². The first kappa shape index (κ1) is 20.4. The summed E-state index contributed by atoms with van der Waals surface area (Å²) >= 11 is 0. The van der Waals surface area contributed by atoms with E-state index < -0.39 is 12.0 Å². The zero-order valence-electron chi connectivity index (χ0n) is 18.1. The molecule has 1 amide bonds. The van der Waals surface area contributed by atoms with Gasteiger partial charge in [-0.05, 0) is 35.6 Å². The van der Waals surface area contributed by atoms with Crippen LogP contribution in [0.3, 0.4) is 0 Å². The number of hydrogen-bond donors (Lipinski definition) is 0. The van der Waals surface area contributed by atoms with Crippen LogP contribution in [0.15, 0.2) is 89.9 Å². The number of ketones is 1. The van der Waals surface area contributed by atoms with Crippen molar-refractivity contribution < 1.29 is 9.59 Å². The van der Waals surface area contributed by atoms with Crippen LogP contribution in [0.25, 0.3) is 0 Å². The van der Waals surface area contributed by atoms with Gasteiger partial charge in [0.15, 0.2) is 0 Å². The number of amides is 1. The van der Waals surface area contributed by atoms with Crippen LogP contribution < -0.4 is 4.90 Å². The maximum absolute atomic E-state index is 13.7. The number of benzene rings is 3. The van der Waals surface area contributed by atoms with Crippen molar-refractivity contribution in [1.82, 2.24) is 0 Å². The lowest BCUT2D eigenvalue weighted by atomic mass is 9.72. The van der Waals surface area contributed by atoms with Gasteiger partial charge in [-0.1, -0.05) is 79.7 Å². The number of rotatable bonds is 3. The molecule has 1 saturated carbocycles. The van der Waals surface area contributed by atoms with Gasteiger partial charge < -0.3 is 4.90 Å². The maximum atomic E-state index is 13.7. The maximum Gasteiger partial charge on any atom is 0.227 e. The molecule has 160 valence electrons. The SMILES string of the molecule is CCC(=O)N1c2ccccc2N=C2C[C@H](c3ccccc3)CC(=O)C2[C@@H]1c1ccccc1. The number of Topliss-reactive ketones (excluding diaryl/α,β-unsaturated/α-hetero) is 1. The van der Waals surface area contributed by atoms with E-state index in [1.54, 1.807) is 0 Å². The average molecular weight is 423 g/mol. The second-order valence-corrected chi connectivity index (χ2v) is 8.52. The second-order valence-electron chi connectivity index (χ2n) is 8.52. The van der Waals surface area contributed by atoms with E-state index in [0.717, 1.165) is 28.2 Å². The minimum atomic E-state index is -0.444. The van der Waals surface area contributed by atoms with Gasteiger partial charge in [-0.15, -0.1) is 0 Å². The Hall–Kier alpha value is -3.53. The van der Waals surface area contributed by atoms with Crippen LogP contribution in [0.2, 0.25) is 0 Å². The first-order chi connectivity index (χ1) is 15.7. The molecule has 5 rings (SSSR count). The van der Waals surface area contributed by atoms with Crippen molar-refractivity contribution in [3.8, 4) is 0 Å². The van der Waals surface area contributed by atoms with E-state index in [0.29, 0.717) is 19.3 Å². The van der Waals surface area contributed by atoms with Crippen LogP contribution in [-0.4, -0.2) is 17.4 Å². The zero-order chi connectivity index (χ0) is 22.1. The van der Waals surface area contributed by atoms with Gasteiger partial charge in [0.25, 0.3) is 0 Å². The number of carbonyl (C=O) groups is 2. The quantitative estimate of drug-likeness (QED) is 0.518. The summed E-state index contributed by atoms with van der Waals surface area (Å²) in [4.78, 5) is 33.9. The summed E-state index contributed by atoms with van der Waals surface area (Å²) in [5.74, 6) is -0.184. The fraction of sp³-hybridized carbons (Fsp3) is 0.250. The fourth-order valence-electron chi connectivity index (χ4n) is 5.11. The molecule has 1 unspecified atom stereocenters. The summed E-state index contributed by atoms with van der Waals surface area (Å²) in [6.07, 6.45) is 1.54. The highest BCUT2D eigenvalue weighted by molar-refractivity contribution is 6.13. The summed E-state index contributed by atoms with van der Waals surface area (Å²) in [6.45, 7) is 1.87. The molecule has 0 radical (unpaired) electrons. The van der Waals surface area contributed by atoms with Gasteiger partial charge >= 0.3 is 0 Å². The number of para-hydroxylation sites is 2. The van der Waals surface area contributed by atoms with Crippen LogP contribution in [0.1, 0.15) is 49.3 Å². The van der Waals surface area contributed by atoms with Gasteiger partial charge in [-0.3, -0.25) is 14.6 Å². The van der Waals surface area contributed by atoms with Crippen molar-refractivity contribution in [1.29, 1.82) is 0 Å². The van der Waals surface area contributed by atoms with Gasteiger partial charge in [0.05, 0.1) is 23.3 Å². The number of nitrogens with zero attached hydrogens (tertiary/aromatic N) is 2. The standard InChI is InChI=1S/C28H26N2O2/c1-2-26(32)30-24-16-10-9-15-22(24)29-23-17-21(19-11-5-3-6-12-19)18-25(31)27(23)28(30)20-13-7-4-8-14-20/h3-16,21,27-28H,2,17-18H2,1H3/t21-,27?,28-/m0/s1. The lowest BCUT2D eigenvalue weighted by Crippen LogP contribution is -2.45. The Morgan fingerprint density at radius 2 is 1.50 bits per heavy atom. The Bertz CT molecular complexity index is 1170. The summed E-state index contributed by atoms with van der Waals surface area (Å²) in [6, 6.07) is 27.5. The van der Waals surface area contributed by atoms with Crippen molar-refractivity contribution in [3.05, 3.63) is 96.1 Å². The summed E-state index contributed by atoms with van der Waals surface area (Å²) in [5, 5.41) is 0. The predicted octanol–water partition coefficient (Wildman–Crippen LogP) is 6.02. The number of aliphatic imine (C=N–C) groups is 1. The molecule has 3 aromatic rings. The van der Waals surface area contributed by atoms with Crippen molar-refractivity contribution in [2.75, 3.05) is 4.90 Å². The molecule has 0 aromatic heterocycles. The van der Waals surface area contributed by atoms with E-state index in [-0.39, 0.29) is 17.6 Å². The molecule has 3 atom stereocenters. The lowest BCUT2D eigenvalue weighted by Gasteiger charge is -2.38. The van der Waals surface area contributed by atoms with Crippen LogP contribution in [-0.2, 0) is 9.59 Å². The second kappa shape index (κ2) is 8.54.